The number of hydrogen-bond acceptors (Lipinski definition) is 3. The summed E-state index contributed by atoms with van der Waals surface area (Å²) < 4.78 is 5.18. The molecule has 1 aromatic carbocycles. The van der Waals surface area contributed by atoms with Crippen molar-refractivity contribution in [2.75, 3.05) is 20.2 Å². The van der Waals surface area contributed by atoms with E-state index in [4.69, 9.17) is 4.74 Å². The number of methoxy groups -OCH3 is 1. The molecule has 1 aliphatic rings. The SMILES string of the molecule is COc1ccccc1C(=O)CN1CCCCCC1=O. The van der Waals surface area contributed by atoms with E-state index in [1.54, 1.807) is 30.2 Å². The zero-order valence-corrected chi connectivity index (χ0v) is 11.2. The summed E-state index contributed by atoms with van der Waals surface area (Å²) in [4.78, 5) is 25.8. The summed E-state index contributed by atoms with van der Waals surface area (Å²) in [6.07, 6.45) is 3.52. The van der Waals surface area contributed by atoms with Crippen LogP contribution < -0.4 is 4.74 Å². The molecule has 1 aliphatic heterocycles. The van der Waals surface area contributed by atoms with E-state index < -0.39 is 0 Å². The minimum Gasteiger partial charge on any atom is -0.496 e. The van der Waals surface area contributed by atoms with E-state index in [1.807, 2.05) is 6.07 Å². The molecule has 4 heteroatoms. The quantitative estimate of drug-likeness (QED) is 0.781. The van der Waals surface area contributed by atoms with Crippen molar-refractivity contribution in [1.82, 2.24) is 4.90 Å². The molecule has 0 radical (unpaired) electrons. The fourth-order valence-electron chi connectivity index (χ4n) is 2.34. The first kappa shape index (κ1) is 13.6. The zero-order chi connectivity index (χ0) is 13.7. The number of carbonyl (C=O) groups is 2. The summed E-state index contributed by atoms with van der Waals surface area (Å²) in [6, 6.07) is 7.13. The fraction of sp³-hybridized carbons (Fsp3) is 0.467. The van der Waals surface area contributed by atoms with E-state index in [1.165, 1.54) is 0 Å². The molecule has 19 heavy (non-hydrogen) atoms. The number of Topliss-reactive ketones (excluding diaryl/α,β-unsaturated/α-hetero) is 1. The molecular formula is C15H19NO3. The molecule has 0 N–H and O–H groups in total. The predicted molar refractivity (Wildman–Crippen MR) is 72.4 cm³/mol. The molecule has 1 fully saturated rings. The number of para-hydroxylation sites is 1. The Kier molecular flexibility index (Phi) is 4.55. The lowest BCUT2D eigenvalue weighted by molar-refractivity contribution is -0.130. The van der Waals surface area contributed by atoms with Crippen molar-refractivity contribution in [2.24, 2.45) is 0 Å². The topological polar surface area (TPSA) is 46.6 Å². The maximum Gasteiger partial charge on any atom is 0.222 e. The Bertz CT molecular complexity index is 470. The molecule has 0 saturated carbocycles. The maximum absolute atomic E-state index is 12.3. The lowest BCUT2D eigenvalue weighted by Crippen LogP contribution is -2.35. The standard InChI is InChI=1S/C15H19NO3/c1-19-14-8-5-4-7-12(14)13(17)11-16-10-6-2-3-9-15(16)18/h4-5,7-8H,2-3,6,9-11H2,1H3. The first-order chi connectivity index (χ1) is 9.22. The summed E-state index contributed by atoms with van der Waals surface area (Å²) in [5.74, 6) is 0.586. The molecule has 2 rings (SSSR count). The number of ketones is 1. The van der Waals surface area contributed by atoms with Crippen molar-refractivity contribution >= 4 is 11.7 Å². The summed E-state index contributed by atoms with van der Waals surface area (Å²) in [7, 11) is 1.54. The Morgan fingerprint density at radius 2 is 2.05 bits per heavy atom. The molecule has 1 amide bonds. The Balaban J connectivity index is 2.09. The second-order valence-corrected chi connectivity index (χ2v) is 4.75. The molecule has 102 valence electrons. The van der Waals surface area contributed by atoms with Crippen LogP contribution >= 0.6 is 0 Å². The number of likely N-dealkylation sites (tertiary alicyclic amines) is 1. The van der Waals surface area contributed by atoms with Gasteiger partial charge in [-0.25, -0.2) is 0 Å². The number of nitrogens with zero attached hydrogens (tertiary/aromatic N) is 1. The molecule has 0 spiro atoms. The van der Waals surface area contributed by atoms with Crippen LogP contribution in [0.5, 0.6) is 5.75 Å². The monoisotopic (exact) mass is 261 g/mol. The van der Waals surface area contributed by atoms with Crippen molar-refractivity contribution in [2.45, 2.75) is 25.7 Å². The molecule has 1 saturated heterocycles. The van der Waals surface area contributed by atoms with Crippen LogP contribution in [0.1, 0.15) is 36.0 Å². The third kappa shape index (κ3) is 3.34. The van der Waals surface area contributed by atoms with E-state index in [2.05, 4.69) is 0 Å². The average Bonchev–Trinajstić information content (AvgIpc) is 2.64. The van der Waals surface area contributed by atoms with Gasteiger partial charge in [-0.15, -0.1) is 0 Å². The lowest BCUT2D eigenvalue weighted by Gasteiger charge is -2.20. The highest BCUT2D eigenvalue weighted by Gasteiger charge is 2.21. The van der Waals surface area contributed by atoms with Crippen LogP contribution in [0.25, 0.3) is 0 Å². The molecule has 0 atom stereocenters. The Morgan fingerprint density at radius 1 is 1.26 bits per heavy atom. The Hall–Kier alpha value is -1.84. The normalized spacial score (nSPS) is 16.1. The average molecular weight is 261 g/mol. The zero-order valence-electron chi connectivity index (χ0n) is 11.2. The van der Waals surface area contributed by atoms with Crippen molar-refractivity contribution in [3.05, 3.63) is 29.8 Å². The van der Waals surface area contributed by atoms with Gasteiger partial charge in [0.15, 0.2) is 5.78 Å². The smallest absolute Gasteiger partial charge is 0.222 e. The number of carbonyl (C=O) groups excluding carboxylic acids is 2. The summed E-state index contributed by atoms with van der Waals surface area (Å²) in [5, 5.41) is 0. The second-order valence-electron chi connectivity index (χ2n) is 4.75. The summed E-state index contributed by atoms with van der Waals surface area (Å²) >= 11 is 0. The van der Waals surface area contributed by atoms with E-state index in [-0.39, 0.29) is 18.2 Å². The van der Waals surface area contributed by atoms with Gasteiger partial charge in [0.25, 0.3) is 0 Å². The van der Waals surface area contributed by atoms with Gasteiger partial charge in [0.05, 0.1) is 19.2 Å². The molecule has 4 nitrogen and oxygen atoms in total. The fourth-order valence-corrected chi connectivity index (χ4v) is 2.34. The summed E-state index contributed by atoms with van der Waals surface area (Å²) in [5.41, 5.74) is 0.544. The van der Waals surface area contributed by atoms with Gasteiger partial charge in [-0.05, 0) is 25.0 Å². The number of hydrogen-bond donors (Lipinski definition) is 0. The van der Waals surface area contributed by atoms with E-state index in [0.717, 1.165) is 19.3 Å². The van der Waals surface area contributed by atoms with E-state index >= 15 is 0 Å². The van der Waals surface area contributed by atoms with Gasteiger partial charge in [0, 0.05) is 13.0 Å². The minimum atomic E-state index is -0.0623. The number of amides is 1. The molecule has 0 bridgehead atoms. The largest absolute Gasteiger partial charge is 0.496 e. The maximum atomic E-state index is 12.3. The number of ether oxygens (including phenoxy) is 1. The second kappa shape index (κ2) is 6.36. The van der Waals surface area contributed by atoms with Crippen molar-refractivity contribution < 1.29 is 14.3 Å². The highest BCUT2D eigenvalue weighted by Crippen LogP contribution is 2.19. The number of benzene rings is 1. The first-order valence-corrected chi connectivity index (χ1v) is 6.66. The van der Waals surface area contributed by atoms with Gasteiger partial charge in [-0.2, -0.15) is 0 Å². The van der Waals surface area contributed by atoms with Crippen LogP contribution in [0, 0.1) is 0 Å². The molecule has 0 unspecified atom stereocenters. The first-order valence-electron chi connectivity index (χ1n) is 6.66. The molecule has 1 aromatic rings. The van der Waals surface area contributed by atoms with E-state index in [9.17, 15) is 9.59 Å². The van der Waals surface area contributed by atoms with Crippen LogP contribution in [-0.4, -0.2) is 36.8 Å². The molecule has 0 aliphatic carbocycles. The highest BCUT2D eigenvalue weighted by atomic mass is 16.5. The molecular weight excluding hydrogens is 242 g/mol. The van der Waals surface area contributed by atoms with Gasteiger partial charge in [0.1, 0.15) is 5.75 Å². The van der Waals surface area contributed by atoms with Crippen LogP contribution in [0.4, 0.5) is 0 Å². The van der Waals surface area contributed by atoms with Gasteiger partial charge in [0.2, 0.25) is 5.91 Å². The molecule has 1 heterocycles. The van der Waals surface area contributed by atoms with Gasteiger partial charge in [-0.1, -0.05) is 18.6 Å². The van der Waals surface area contributed by atoms with Gasteiger partial charge >= 0.3 is 0 Å². The van der Waals surface area contributed by atoms with Crippen molar-refractivity contribution in [3.63, 3.8) is 0 Å². The van der Waals surface area contributed by atoms with Crippen LogP contribution in [-0.2, 0) is 4.79 Å². The molecule has 0 aromatic heterocycles. The van der Waals surface area contributed by atoms with Gasteiger partial charge in [-0.3, -0.25) is 9.59 Å². The van der Waals surface area contributed by atoms with E-state index in [0.29, 0.717) is 24.3 Å². The van der Waals surface area contributed by atoms with Crippen molar-refractivity contribution in [3.8, 4) is 5.75 Å². The predicted octanol–water partition coefficient (Wildman–Crippen LogP) is 2.28. The number of rotatable bonds is 4. The third-order valence-corrected chi connectivity index (χ3v) is 3.41. The summed E-state index contributed by atoms with van der Waals surface area (Å²) in [6.45, 7) is 0.832. The van der Waals surface area contributed by atoms with Crippen molar-refractivity contribution in [1.29, 1.82) is 0 Å². The Morgan fingerprint density at radius 3 is 2.84 bits per heavy atom. The Labute approximate surface area is 113 Å². The van der Waals surface area contributed by atoms with Crippen LogP contribution in [0.15, 0.2) is 24.3 Å². The van der Waals surface area contributed by atoms with Crippen LogP contribution in [0.2, 0.25) is 0 Å². The van der Waals surface area contributed by atoms with Gasteiger partial charge < -0.3 is 9.64 Å². The minimum absolute atomic E-state index is 0.0623. The highest BCUT2D eigenvalue weighted by molar-refractivity contribution is 6.01. The third-order valence-electron chi connectivity index (χ3n) is 3.41. The van der Waals surface area contributed by atoms with Crippen LogP contribution in [0.3, 0.4) is 0 Å². The lowest BCUT2D eigenvalue weighted by atomic mass is 10.1.